The number of rotatable bonds is 2. The molecule has 86 valence electrons. The maximum Gasteiger partial charge on any atom is 0.0802 e. The van der Waals surface area contributed by atoms with E-state index in [0.29, 0.717) is 5.92 Å². The number of H-pyrrole nitrogens is 1. The smallest absolute Gasteiger partial charge is 0.0802 e. The van der Waals surface area contributed by atoms with Crippen LogP contribution in [0.2, 0.25) is 0 Å². The minimum atomic E-state index is 0.555. The van der Waals surface area contributed by atoms with E-state index >= 15 is 0 Å². The lowest BCUT2D eigenvalue weighted by molar-refractivity contribution is 0.877. The van der Waals surface area contributed by atoms with Crippen molar-refractivity contribution < 1.29 is 0 Å². The Labute approximate surface area is 104 Å². The van der Waals surface area contributed by atoms with E-state index in [4.69, 9.17) is 0 Å². The highest BCUT2D eigenvalue weighted by molar-refractivity contribution is 7.22. The first-order valence-electron chi connectivity index (χ1n) is 5.78. The minimum Gasteiger partial charge on any atom is -0.360 e. The molecule has 0 aliphatic rings. The Bertz CT molecular complexity index is 635. The van der Waals surface area contributed by atoms with Gasteiger partial charge in [-0.15, -0.1) is 11.3 Å². The monoisotopic (exact) mass is 242 g/mol. The van der Waals surface area contributed by atoms with Crippen LogP contribution < -0.4 is 0 Å². The van der Waals surface area contributed by atoms with Gasteiger partial charge in [0.05, 0.1) is 20.8 Å². The van der Waals surface area contributed by atoms with Crippen molar-refractivity contribution in [1.82, 2.24) is 9.97 Å². The predicted molar refractivity (Wildman–Crippen MR) is 73.5 cm³/mol. The third kappa shape index (κ3) is 1.76. The summed E-state index contributed by atoms with van der Waals surface area (Å²) in [6.07, 6.45) is 3.96. The topological polar surface area (TPSA) is 28.7 Å². The molecule has 17 heavy (non-hydrogen) atoms. The van der Waals surface area contributed by atoms with Gasteiger partial charge in [0.2, 0.25) is 0 Å². The minimum absolute atomic E-state index is 0.555. The Morgan fingerprint density at radius 3 is 2.88 bits per heavy atom. The van der Waals surface area contributed by atoms with Crippen molar-refractivity contribution in [2.24, 2.45) is 0 Å². The summed E-state index contributed by atoms with van der Waals surface area (Å²) in [6.45, 7) is 4.45. The number of aromatic nitrogens is 2. The maximum absolute atomic E-state index is 4.39. The number of thiophene rings is 1. The molecule has 1 N–H and O–H groups in total. The molecule has 2 nitrogen and oxygen atoms in total. The molecule has 0 unspecified atom stereocenters. The molecular formula is C14H14N2S. The third-order valence-corrected chi connectivity index (χ3v) is 4.12. The highest BCUT2D eigenvalue weighted by atomic mass is 32.1. The van der Waals surface area contributed by atoms with Gasteiger partial charge in [-0.3, -0.25) is 4.98 Å². The van der Waals surface area contributed by atoms with Gasteiger partial charge in [-0.25, -0.2) is 0 Å². The number of pyridine rings is 1. The maximum atomic E-state index is 4.39. The van der Waals surface area contributed by atoms with E-state index in [1.807, 2.05) is 29.7 Å². The molecule has 0 aliphatic carbocycles. The molecule has 0 atom stereocenters. The summed E-state index contributed by atoms with van der Waals surface area (Å²) in [4.78, 5) is 8.97. The fraction of sp³-hybridized carbons (Fsp3) is 0.214. The summed E-state index contributed by atoms with van der Waals surface area (Å²) >= 11 is 1.82. The van der Waals surface area contributed by atoms with Gasteiger partial charge in [0.25, 0.3) is 0 Å². The van der Waals surface area contributed by atoms with Crippen LogP contribution in [0, 0.1) is 0 Å². The summed E-state index contributed by atoms with van der Waals surface area (Å²) in [6, 6.07) is 8.22. The van der Waals surface area contributed by atoms with Gasteiger partial charge in [0.15, 0.2) is 0 Å². The second-order valence-corrected chi connectivity index (χ2v) is 5.52. The first-order chi connectivity index (χ1) is 8.25. The summed E-state index contributed by atoms with van der Waals surface area (Å²) in [7, 11) is 0. The highest BCUT2D eigenvalue weighted by Crippen LogP contribution is 2.36. The third-order valence-electron chi connectivity index (χ3n) is 2.92. The van der Waals surface area contributed by atoms with E-state index in [1.165, 1.54) is 20.7 Å². The molecule has 3 aromatic heterocycles. The number of hydrogen-bond donors (Lipinski definition) is 1. The van der Waals surface area contributed by atoms with Gasteiger partial charge < -0.3 is 4.98 Å². The number of hydrogen-bond acceptors (Lipinski definition) is 2. The van der Waals surface area contributed by atoms with Gasteiger partial charge in [-0.05, 0) is 29.7 Å². The molecular weight excluding hydrogens is 228 g/mol. The lowest BCUT2D eigenvalue weighted by Gasteiger charge is -1.99. The van der Waals surface area contributed by atoms with Crippen LogP contribution in [0.5, 0.6) is 0 Å². The second-order valence-electron chi connectivity index (χ2n) is 4.47. The van der Waals surface area contributed by atoms with Gasteiger partial charge in [0, 0.05) is 12.4 Å². The SMILES string of the molecule is CC(C)c1c[nH]c2cc(-c3ccccn3)sc12. The first kappa shape index (κ1) is 10.5. The van der Waals surface area contributed by atoms with Crippen molar-refractivity contribution in [2.75, 3.05) is 0 Å². The van der Waals surface area contributed by atoms with Gasteiger partial charge in [-0.1, -0.05) is 19.9 Å². The standard InChI is InChI=1S/C14H14N2S/c1-9(2)10-8-16-12-7-13(17-14(10)12)11-5-3-4-6-15-11/h3-9,16H,1-2H3. The molecule has 0 aromatic carbocycles. The van der Waals surface area contributed by atoms with E-state index in [-0.39, 0.29) is 0 Å². The Hall–Kier alpha value is -1.61. The summed E-state index contributed by atoms with van der Waals surface area (Å²) < 4.78 is 1.36. The fourth-order valence-corrected chi connectivity index (χ4v) is 3.26. The Morgan fingerprint density at radius 1 is 1.29 bits per heavy atom. The van der Waals surface area contributed by atoms with Crippen LogP contribution in [-0.4, -0.2) is 9.97 Å². The van der Waals surface area contributed by atoms with Crippen LogP contribution in [0.1, 0.15) is 25.3 Å². The predicted octanol–water partition coefficient (Wildman–Crippen LogP) is 4.41. The average molecular weight is 242 g/mol. The lowest BCUT2D eigenvalue weighted by Crippen LogP contribution is -1.81. The Kier molecular flexibility index (Phi) is 2.48. The molecule has 3 rings (SSSR count). The van der Waals surface area contributed by atoms with Crippen LogP contribution in [-0.2, 0) is 0 Å². The molecule has 3 heteroatoms. The zero-order valence-corrected chi connectivity index (χ0v) is 10.7. The Morgan fingerprint density at radius 2 is 2.18 bits per heavy atom. The van der Waals surface area contributed by atoms with E-state index in [9.17, 15) is 0 Å². The van der Waals surface area contributed by atoms with E-state index in [2.05, 4.69) is 42.1 Å². The van der Waals surface area contributed by atoms with Crippen LogP contribution in [0.3, 0.4) is 0 Å². The van der Waals surface area contributed by atoms with Crippen molar-refractivity contribution >= 4 is 21.6 Å². The van der Waals surface area contributed by atoms with Crippen LogP contribution in [0.4, 0.5) is 0 Å². The summed E-state index contributed by atoms with van der Waals surface area (Å²) in [5.41, 5.74) is 3.67. The van der Waals surface area contributed by atoms with Crippen molar-refractivity contribution in [2.45, 2.75) is 19.8 Å². The van der Waals surface area contributed by atoms with Crippen LogP contribution in [0.25, 0.3) is 20.8 Å². The number of nitrogens with zero attached hydrogens (tertiary/aromatic N) is 1. The zero-order valence-electron chi connectivity index (χ0n) is 9.90. The van der Waals surface area contributed by atoms with Crippen molar-refractivity contribution in [3.63, 3.8) is 0 Å². The van der Waals surface area contributed by atoms with Gasteiger partial charge in [0.1, 0.15) is 0 Å². The number of aromatic amines is 1. The quantitative estimate of drug-likeness (QED) is 0.708. The molecule has 3 heterocycles. The highest BCUT2D eigenvalue weighted by Gasteiger charge is 2.12. The van der Waals surface area contributed by atoms with Crippen molar-refractivity contribution in [3.05, 3.63) is 42.2 Å². The molecule has 0 saturated heterocycles. The number of nitrogens with one attached hydrogen (secondary N) is 1. The van der Waals surface area contributed by atoms with Gasteiger partial charge >= 0.3 is 0 Å². The molecule has 0 saturated carbocycles. The van der Waals surface area contributed by atoms with Crippen molar-refractivity contribution in [1.29, 1.82) is 0 Å². The van der Waals surface area contributed by atoms with E-state index in [1.54, 1.807) is 0 Å². The molecule has 0 amide bonds. The molecule has 0 radical (unpaired) electrons. The van der Waals surface area contributed by atoms with E-state index in [0.717, 1.165) is 5.69 Å². The summed E-state index contributed by atoms with van der Waals surface area (Å²) in [5.74, 6) is 0.555. The average Bonchev–Trinajstić information content (AvgIpc) is 2.88. The van der Waals surface area contributed by atoms with Gasteiger partial charge in [-0.2, -0.15) is 0 Å². The number of fused-ring (bicyclic) bond motifs is 1. The Balaban J connectivity index is 2.15. The molecule has 3 aromatic rings. The summed E-state index contributed by atoms with van der Waals surface area (Å²) in [5, 5.41) is 0. The zero-order chi connectivity index (χ0) is 11.8. The van der Waals surface area contributed by atoms with Crippen LogP contribution >= 0.6 is 11.3 Å². The fourth-order valence-electron chi connectivity index (χ4n) is 2.00. The van der Waals surface area contributed by atoms with E-state index < -0.39 is 0 Å². The molecule has 0 aliphatic heterocycles. The second kappa shape index (κ2) is 4.00. The molecule has 0 spiro atoms. The molecule has 0 fully saturated rings. The largest absolute Gasteiger partial charge is 0.360 e. The first-order valence-corrected chi connectivity index (χ1v) is 6.59. The molecule has 0 bridgehead atoms. The lowest BCUT2D eigenvalue weighted by atomic mass is 10.1. The van der Waals surface area contributed by atoms with Crippen LogP contribution in [0.15, 0.2) is 36.7 Å². The normalized spacial score (nSPS) is 11.5. The van der Waals surface area contributed by atoms with Crippen molar-refractivity contribution in [3.8, 4) is 10.6 Å².